The van der Waals surface area contributed by atoms with Gasteiger partial charge in [-0.3, -0.25) is 4.98 Å². The summed E-state index contributed by atoms with van der Waals surface area (Å²) < 4.78 is 39.1. The lowest BCUT2D eigenvalue weighted by Gasteiger charge is -2.49. The maximum atomic E-state index is 13.0. The van der Waals surface area contributed by atoms with Crippen LogP contribution in [0.2, 0.25) is 0 Å². The van der Waals surface area contributed by atoms with E-state index in [4.69, 9.17) is 0 Å². The molecule has 4 rings (SSSR count). The van der Waals surface area contributed by atoms with Crippen LogP contribution in [0.25, 0.3) is 22.4 Å². The highest BCUT2D eigenvalue weighted by Gasteiger charge is 2.39. The Bertz CT molecular complexity index is 1190. The summed E-state index contributed by atoms with van der Waals surface area (Å²) in [6.45, 7) is 8.80. The van der Waals surface area contributed by atoms with E-state index < -0.39 is 11.7 Å². The molecule has 186 valence electrons. The quantitative estimate of drug-likeness (QED) is 0.496. The second-order valence-electron chi connectivity index (χ2n) is 10.5. The fourth-order valence-corrected chi connectivity index (χ4v) is 5.07. The van der Waals surface area contributed by atoms with Crippen LogP contribution in [0.15, 0.2) is 48.8 Å². The molecule has 2 N–H and O–H groups in total. The number of anilines is 1. The predicted molar refractivity (Wildman–Crippen MR) is 130 cm³/mol. The number of piperidine rings is 1. The molecular weight excluding hydrogens is 455 g/mol. The molecule has 9 heteroatoms. The van der Waals surface area contributed by atoms with Gasteiger partial charge in [-0.05, 0) is 76.4 Å². The van der Waals surface area contributed by atoms with Crippen LogP contribution < -0.4 is 10.2 Å². The summed E-state index contributed by atoms with van der Waals surface area (Å²) in [6.07, 6.45) is -0.462. The number of hydrogen-bond acceptors (Lipinski definition) is 6. The second kappa shape index (κ2) is 8.78. The fourth-order valence-electron chi connectivity index (χ4n) is 5.07. The number of phenols is 1. The van der Waals surface area contributed by atoms with E-state index in [2.05, 4.69) is 53.1 Å². The highest BCUT2D eigenvalue weighted by atomic mass is 19.4. The van der Waals surface area contributed by atoms with Crippen LogP contribution in [0.5, 0.6) is 5.75 Å². The summed E-state index contributed by atoms with van der Waals surface area (Å²) in [6, 6.07) is 9.62. The number of pyridine rings is 1. The smallest absolute Gasteiger partial charge is 0.417 e. The Hall–Kier alpha value is -3.20. The molecule has 1 fully saturated rings. The number of nitrogens with one attached hydrogen (secondary N) is 1. The number of aromatic hydroxyl groups is 1. The van der Waals surface area contributed by atoms with Gasteiger partial charge in [-0.2, -0.15) is 13.2 Å². The van der Waals surface area contributed by atoms with Crippen molar-refractivity contribution in [3.63, 3.8) is 0 Å². The van der Waals surface area contributed by atoms with Gasteiger partial charge in [0, 0.05) is 47.7 Å². The lowest BCUT2D eigenvalue weighted by Crippen LogP contribution is -2.62. The van der Waals surface area contributed by atoms with Crippen molar-refractivity contribution >= 4 is 5.82 Å². The van der Waals surface area contributed by atoms with E-state index in [0.717, 1.165) is 30.9 Å². The van der Waals surface area contributed by atoms with Gasteiger partial charge in [-0.1, -0.05) is 6.07 Å². The maximum Gasteiger partial charge on any atom is 0.417 e. The van der Waals surface area contributed by atoms with E-state index in [0.29, 0.717) is 16.8 Å². The summed E-state index contributed by atoms with van der Waals surface area (Å²) in [7, 11) is 2.02. The van der Waals surface area contributed by atoms with Gasteiger partial charge in [0.2, 0.25) is 0 Å². The van der Waals surface area contributed by atoms with Gasteiger partial charge in [0.1, 0.15) is 5.75 Å². The van der Waals surface area contributed by atoms with Gasteiger partial charge in [0.05, 0.1) is 11.3 Å². The maximum absolute atomic E-state index is 13.0. The van der Waals surface area contributed by atoms with E-state index in [1.165, 1.54) is 12.3 Å². The van der Waals surface area contributed by atoms with Crippen LogP contribution in [-0.4, -0.2) is 44.5 Å². The zero-order valence-electron chi connectivity index (χ0n) is 20.5. The number of aromatic nitrogens is 3. The van der Waals surface area contributed by atoms with E-state index in [-0.39, 0.29) is 28.4 Å². The highest BCUT2D eigenvalue weighted by molar-refractivity contribution is 5.74. The molecule has 6 nitrogen and oxygen atoms in total. The third kappa shape index (κ3) is 5.56. The summed E-state index contributed by atoms with van der Waals surface area (Å²) in [5, 5.41) is 23.0. The molecule has 0 saturated carbocycles. The van der Waals surface area contributed by atoms with E-state index in [1.54, 1.807) is 18.2 Å². The molecule has 2 aromatic heterocycles. The van der Waals surface area contributed by atoms with Crippen LogP contribution in [0.1, 0.15) is 46.1 Å². The molecule has 0 unspecified atom stereocenters. The number of alkyl halides is 3. The molecule has 1 aromatic carbocycles. The van der Waals surface area contributed by atoms with Crippen LogP contribution in [0.3, 0.4) is 0 Å². The largest absolute Gasteiger partial charge is 0.507 e. The van der Waals surface area contributed by atoms with Gasteiger partial charge >= 0.3 is 6.18 Å². The first-order chi connectivity index (χ1) is 16.2. The Morgan fingerprint density at radius 3 is 2.20 bits per heavy atom. The summed E-state index contributed by atoms with van der Waals surface area (Å²) >= 11 is 0. The minimum Gasteiger partial charge on any atom is -0.507 e. The average Bonchev–Trinajstić information content (AvgIpc) is 2.76. The van der Waals surface area contributed by atoms with Crippen LogP contribution in [0.4, 0.5) is 19.0 Å². The molecule has 0 bridgehead atoms. The molecule has 35 heavy (non-hydrogen) atoms. The molecule has 1 aliphatic heterocycles. The predicted octanol–water partition coefficient (Wildman–Crippen LogP) is 5.68. The Morgan fingerprint density at radius 1 is 0.943 bits per heavy atom. The minimum atomic E-state index is -4.49. The van der Waals surface area contributed by atoms with Gasteiger partial charge < -0.3 is 15.3 Å². The number of phenolic OH excluding ortho intramolecular Hbond substituents is 1. The van der Waals surface area contributed by atoms with Crippen LogP contribution in [0, 0.1) is 0 Å². The first-order valence-corrected chi connectivity index (χ1v) is 11.5. The van der Waals surface area contributed by atoms with Gasteiger partial charge in [0.15, 0.2) is 5.82 Å². The number of hydrogen-bond donors (Lipinski definition) is 2. The number of benzene rings is 1. The molecule has 3 heterocycles. The Kier molecular flexibility index (Phi) is 6.25. The lowest BCUT2D eigenvalue weighted by molar-refractivity contribution is -0.137. The zero-order chi connectivity index (χ0) is 25.6. The Morgan fingerprint density at radius 2 is 1.63 bits per heavy atom. The monoisotopic (exact) mass is 485 g/mol. The third-order valence-corrected chi connectivity index (χ3v) is 6.40. The fraction of sp³-hybridized carbons (Fsp3) is 0.423. The Labute approximate surface area is 203 Å². The summed E-state index contributed by atoms with van der Waals surface area (Å²) in [4.78, 5) is 5.83. The van der Waals surface area contributed by atoms with Gasteiger partial charge in [0.25, 0.3) is 0 Å². The second-order valence-corrected chi connectivity index (χ2v) is 10.5. The molecule has 0 aliphatic carbocycles. The van der Waals surface area contributed by atoms with Crippen LogP contribution in [-0.2, 0) is 6.18 Å². The first kappa shape index (κ1) is 24.9. The first-order valence-electron chi connectivity index (χ1n) is 11.5. The van der Waals surface area contributed by atoms with Crippen molar-refractivity contribution < 1.29 is 18.3 Å². The Balaban J connectivity index is 1.55. The number of halogens is 3. The highest BCUT2D eigenvalue weighted by Crippen LogP contribution is 2.36. The van der Waals surface area contributed by atoms with Crippen molar-refractivity contribution in [2.75, 3.05) is 11.9 Å². The SMILES string of the molecule is CN(c1ccc(-c2ccc(-c3cncc(C(F)(F)F)c3)cc2O)nn1)C1CC(C)(C)NC(C)(C)C1. The van der Waals surface area contributed by atoms with Crippen LogP contribution >= 0.6 is 0 Å². The molecule has 0 radical (unpaired) electrons. The lowest BCUT2D eigenvalue weighted by atomic mass is 9.79. The zero-order valence-corrected chi connectivity index (χ0v) is 20.5. The van der Waals surface area contributed by atoms with E-state index in [1.807, 2.05) is 13.1 Å². The van der Waals surface area contributed by atoms with E-state index >= 15 is 0 Å². The van der Waals surface area contributed by atoms with Crippen molar-refractivity contribution in [1.82, 2.24) is 20.5 Å². The molecule has 0 amide bonds. The average molecular weight is 486 g/mol. The molecule has 1 aliphatic rings. The molecule has 0 atom stereocenters. The number of nitrogens with zero attached hydrogens (tertiary/aromatic N) is 4. The van der Waals surface area contributed by atoms with Gasteiger partial charge in [-0.15, -0.1) is 10.2 Å². The normalized spacial score (nSPS) is 17.8. The van der Waals surface area contributed by atoms with Crippen molar-refractivity contribution in [2.45, 2.75) is 63.8 Å². The topological polar surface area (TPSA) is 74.2 Å². The molecule has 0 spiro atoms. The minimum absolute atomic E-state index is 0.00326. The van der Waals surface area contributed by atoms with Crippen molar-refractivity contribution in [2.24, 2.45) is 0 Å². The molecule has 3 aromatic rings. The van der Waals surface area contributed by atoms with Crippen molar-refractivity contribution in [3.05, 3.63) is 54.4 Å². The van der Waals surface area contributed by atoms with Gasteiger partial charge in [-0.25, -0.2) is 0 Å². The number of rotatable bonds is 4. The third-order valence-electron chi connectivity index (χ3n) is 6.40. The van der Waals surface area contributed by atoms with E-state index in [9.17, 15) is 18.3 Å². The van der Waals surface area contributed by atoms with Crippen molar-refractivity contribution in [1.29, 1.82) is 0 Å². The summed E-state index contributed by atoms with van der Waals surface area (Å²) in [5.41, 5.74) is 0.749. The summed E-state index contributed by atoms with van der Waals surface area (Å²) in [5.74, 6) is 0.635. The molecular formula is C26H30F3N5O. The standard InChI is InChI=1S/C26H30F3N5O/c1-24(2)12-19(13-25(3,4)33-24)34(5)23-9-8-21(31-32-23)20-7-6-16(11-22(20)35)17-10-18(15-30-14-17)26(27,28)29/h6-11,14-15,19,33,35H,12-13H2,1-5H3. The van der Waals surface area contributed by atoms with Crippen molar-refractivity contribution in [3.8, 4) is 28.1 Å². The molecule has 1 saturated heterocycles.